The first-order valence-corrected chi connectivity index (χ1v) is 8.91. The molecule has 0 aliphatic heterocycles. The van der Waals surface area contributed by atoms with E-state index in [1.54, 1.807) is 13.2 Å². The van der Waals surface area contributed by atoms with E-state index in [1.165, 1.54) is 0 Å². The first-order valence-electron chi connectivity index (χ1n) is 8.53. The molecular formula is C21H17ClN2O3. The van der Waals surface area contributed by atoms with Gasteiger partial charge in [-0.2, -0.15) is 0 Å². The molecule has 0 bridgehead atoms. The number of fused-ring (bicyclic) bond motifs is 2. The zero-order valence-electron chi connectivity index (χ0n) is 14.7. The van der Waals surface area contributed by atoms with Crippen LogP contribution in [0.3, 0.4) is 0 Å². The molecule has 0 atom stereocenters. The molecule has 2 aromatic carbocycles. The molecule has 4 rings (SSSR count). The first-order chi connectivity index (χ1) is 13.1. The van der Waals surface area contributed by atoms with Gasteiger partial charge in [-0.3, -0.25) is 4.79 Å². The van der Waals surface area contributed by atoms with Gasteiger partial charge in [0, 0.05) is 28.4 Å². The molecule has 1 amide bonds. The summed E-state index contributed by atoms with van der Waals surface area (Å²) in [6.07, 6.45) is 0.713. The lowest BCUT2D eigenvalue weighted by atomic mass is 10.1. The van der Waals surface area contributed by atoms with Crippen molar-refractivity contribution in [1.29, 1.82) is 0 Å². The predicted molar refractivity (Wildman–Crippen MR) is 106 cm³/mol. The van der Waals surface area contributed by atoms with E-state index in [9.17, 15) is 4.79 Å². The van der Waals surface area contributed by atoms with Crippen molar-refractivity contribution in [3.63, 3.8) is 0 Å². The average Bonchev–Trinajstić information content (AvgIpc) is 3.10. The summed E-state index contributed by atoms with van der Waals surface area (Å²) in [5.74, 6) is 0.709. The van der Waals surface area contributed by atoms with Gasteiger partial charge in [-0.15, -0.1) is 0 Å². The Labute approximate surface area is 160 Å². The number of rotatable bonds is 5. The largest absolute Gasteiger partial charge is 0.497 e. The quantitative estimate of drug-likeness (QED) is 0.549. The van der Waals surface area contributed by atoms with Gasteiger partial charge >= 0.3 is 0 Å². The van der Waals surface area contributed by atoms with E-state index in [1.807, 2.05) is 48.5 Å². The number of benzene rings is 2. The van der Waals surface area contributed by atoms with Crippen molar-refractivity contribution in [1.82, 2.24) is 10.3 Å². The summed E-state index contributed by atoms with van der Waals surface area (Å²) in [4.78, 5) is 16.9. The van der Waals surface area contributed by atoms with Gasteiger partial charge in [0.05, 0.1) is 12.6 Å². The van der Waals surface area contributed by atoms with E-state index in [0.29, 0.717) is 23.7 Å². The summed E-state index contributed by atoms with van der Waals surface area (Å²) < 4.78 is 10.9. The van der Waals surface area contributed by atoms with E-state index in [2.05, 4.69) is 10.3 Å². The molecule has 0 fully saturated rings. The van der Waals surface area contributed by atoms with Crippen LogP contribution in [0.15, 0.2) is 59.0 Å². The lowest BCUT2D eigenvalue weighted by Gasteiger charge is -2.03. The van der Waals surface area contributed by atoms with Crippen LogP contribution >= 0.6 is 11.6 Å². The molecule has 4 aromatic rings. The molecule has 0 spiro atoms. The molecule has 1 N–H and O–H groups in total. The van der Waals surface area contributed by atoms with Gasteiger partial charge in [0.25, 0.3) is 5.91 Å². The molecular weight excluding hydrogens is 364 g/mol. The number of hydrogen-bond donors (Lipinski definition) is 1. The second-order valence-corrected chi connectivity index (χ2v) is 6.62. The van der Waals surface area contributed by atoms with Crippen LogP contribution in [-0.4, -0.2) is 24.5 Å². The fraction of sp³-hybridized carbons (Fsp3) is 0.143. The highest BCUT2D eigenvalue weighted by molar-refractivity contribution is 6.30. The minimum atomic E-state index is -0.261. The maximum Gasteiger partial charge on any atom is 0.287 e. The number of aromatic nitrogens is 1. The van der Waals surface area contributed by atoms with Crippen LogP contribution in [-0.2, 0) is 6.42 Å². The lowest BCUT2D eigenvalue weighted by Crippen LogP contribution is -2.25. The average molecular weight is 381 g/mol. The number of ether oxygens (including phenoxy) is 1. The maximum absolute atomic E-state index is 12.4. The third-order valence-electron chi connectivity index (χ3n) is 4.35. The Balaban J connectivity index is 1.49. The van der Waals surface area contributed by atoms with Crippen LogP contribution in [0.25, 0.3) is 22.0 Å². The molecule has 2 heterocycles. The Hall–Kier alpha value is -3.05. The maximum atomic E-state index is 12.4. The van der Waals surface area contributed by atoms with Crippen LogP contribution in [0, 0.1) is 0 Å². The van der Waals surface area contributed by atoms with Crippen LogP contribution < -0.4 is 10.1 Å². The van der Waals surface area contributed by atoms with Crippen molar-refractivity contribution >= 4 is 39.5 Å². The summed E-state index contributed by atoms with van der Waals surface area (Å²) in [5, 5.41) is 5.31. The number of hydrogen-bond acceptors (Lipinski definition) is 4. The highest BCUT2D eigenvalue weighted by Crippen LogP contribution is 2.25. The Morgan fingerprint density at radius 3 is 2.70 bits per heavy atom. The number of halogens is 1. The van der Waals surface area contributed by atoms with Gasteiger partial charge in [0.1, 0.15) is 5.75 Å². The molecule has 0 saturated heterocycles. The van der Waals surface area contributed by atoms with Crippen molar-refractivity contribution in [3.8, 4) is 5.75 Å². The third kappa shape index (κ3) is 3.73. The molecule has 0 aliphatic carbocycles. The van der Waals surface area contributed by atoms with Crippen molar-refractivity contribution in [2.75, 3.05) is 13.7 Å². The van der Waals surface area contributed by atoms with Gasteiger partial charge < -0.3 is 14.5 Å². The SMILES string of the molecule is COc1ccc2cc3cc(C(=O)NCCc4ccc(Cl)cc4)oc3nc2c1. The summed E-state index contributed by atoms with van der Waals surface area (Å²) in [6.45, 7) is 0.504. The molecule has 5 nitrogen and oxygen atoms in total. The van der Waals surface area contributed by atoms with E-state index in [-0.39, 0.29) is 11.7 Å². The highest BCUT2D eigenvalue weighted by Gasteiger charge is 2.13. The molecule has 0 aliphatic rings. The van der Waals surface area contributed by atoms with E-state index >= 15 is 0 Å². The van der Waals surface area contributed by atoms with Crippen molar-refractivity contribution in [3.05, 3.63) is 70.9 Å². The standard InChI is InChI=1S/C21H17ClN2O3/c1-26-17-7-4-14-10-15-11-19(27-21(15)24-18(14)12-17)20(25)23-9-8-13-2-5-16(22)6-3-13/h2-7,10-12H,8-9H2,1H3,(H,23,25). The number of pyridine rings is 1. The summed E-state index contributed by atoms with van der Waals surface area (Å²) in [6, 6.07) is 16.9. The number of nitrogens with one attached hydrogen (secondary N) is 1. The van der Waals surface area contributed by atoms with Gasteiger partial charge in [-0.1, -0.05) is 23.7 Å². The first kappa shape index (κ1) is 17.4. The second-order valence-electron chi connectivity index (χ2n) is 6.18. The van der Waals surface area contributed by atoms with Crippen molar-refractivity contribution in [2.24, 2.45) is 0 Å². The van der Waals surface area contributed by atoms with Crippen LogP contribution in [0.4, 0.5) is 0 Å². The number of nitrogens with zero attached hydrogens (tertiary/aromatic N) is 1. The number of amides is 1. The van der Waals surface area contributed by atoms with E-state index < -0.39 is 0 Å². The van der Waals surface area contributed by atoms with Crippen molar-refractivity contribution in [2.45, 2.75) is 6.42 Å². The fourth-order valence-electron chi connectivity index (χ4n) is 2.90. The number of carbonyl (C=O) groups is 1. The second kappa shape index (κ2) is 7.29. The highest BCUT2D eigenvalue weighted by atomic mass is 35.5. The Kier molecular flexibility index (Phi) is 4.69. The van der Waals surface area contributed by atoms with E-state index in [4.69, 9.17) is 20.8 Å². The third-order valence-corrected chi connectivity index (χ3v) is 4.60. The van der Waals surface area contributed by atoms with Gasteiger partial charge in [-0.05, 0) is 48.4 Å². The van der Waals surface area contributed by atoms with Gasteiger partial charge in [0.15, 0.2) is 5.76 Å². The van der Waals surface area contributed by atoms with Gasteiger partial charge in [-0.25, -0.2) is 4.98 Å². The molecule has 0 unspecified atom stereocenters. The smallest absolute Gasteiger partial charge is 0.287 e. The van der Waals surface area contributed by atoms with Crippen LogP contribution in [0.2, 0.25) is 5.02 Å². The number of furan rings is 1. The molecule has 27 heavy (non-hydrogen) atoms. The zero-order valence-corrected chi connectivity index (χ0v) is 15.4. The van der Waals surface area contributed by atoms with Crippen molar-refractivity contribution < 1.29 is 13.9 Å². The van der Waals surface area contributed by atoms with Gasteiger partial charge in [0.2, 0.25) is 5.71 Å². The summed E-state index contributed by atoms with van der Waals surface area (Å²) >= 11 is 5.88. The Morgan fingerprint density at radius 1 is 1.11 bits per heavy atom. The Morgan fingerprint density at radius 2 is 1.93 bits per heavy atom. The summed E-state index contributed by atoms with van der Waals surface area (Å²) in [5.41, 5.74) is 2.29. The molecule has 2 aromatic heterocycles. The number of carbonyl (C=O) groups excluding carboxylic acids is 1. The molecule has 0 saturated carbocycles. The normalized spacial score (nSPS) is 11.0. The zero-order chi connectivity index (χ0) is 18.8. The Bertz CT molecular complexity index is 1120. The fourth-order valence-corrected chi connectivity index (χ4v) is 3.03. The molecule has 6 heteroatoms. The van der Waals surface area contributed by atoms with Crippen LogP contribution in [0.1, 0.15) is 16.1 Å². The lowest BCUT2D eigenvalue weighted by molar-refractivity contribution is 0.0928. The predicted octanol–water partition coefficient (Wildman–Crippen LogP) is 4.62. The molecule has 0 radical (unpaired) electrons. The molecule has 136 valence electrons. The number of methoxy groups -OCH3 is 1. The van der Waals surface area contributed by atoms with Crippen LogP contribution in [0.5, 0.6) is 5.75 Å². The monoisotopic (exact) mass is 380 g/mol. The summed E-state index contributed by atoms with van der Waals surface area (Å²) in [7, 11) is 1.61. The topological polar surface area (TPSA) is 64.4 Å². The minimum Gasteiger partial charge on any atom is -0.497 e. The van der Waals surface area contributed by atoms with E-state index in [0.717, 1.165) is 27.6 Å². The minimum absolute atomic E-state index is 0.246.